The molecule has 3 aromatic carbocycles. The maximum atomic E-state index is 14.3. The Morgan fingerprint density at radius 1 is 1.11 bits per heavy atom. The van der Waals surface area contributed by atoms with Crippen LogP contribution in [0.3, 0.4) is 0 Å². The van der Waals surface area contributed by atoms with Crippen LogP contribution in [0.15, 0.2) is 60.8 Å². The molecule has 8 nitrogen and oxygen atoms in total. The van der Waals surface area contributed by atoms with Gasteiger partial charge in [-0.1, -0.05) is 12.1 Å². The smallest absolute Gasteiger partial charge is 0.255 e. The van der Waals surface area contributed by atoms with Gasteiger partial charge >= 0.3 is 0 Å². The van der Waals surface area contributed by atoms with E-state index in [2.05, 4.69) is 20.6 Å². The van der Waals surface area contributed by atoms with Crippen LogP contribution in [0.5, 0.6) is 5.75 Å². The third-order valence-corrected chi connectivity index (χ3v) is 6.07. The lowest BCUT2D eigenvalue weighted by atomic mass is 10.0. The van der Waals surface area contributed by atoms with Gasteiger partial charge in [-0.15, -0.1) is 0 Å². The van der Waals surface area contributed by atoms with E-state index < -0.39 is 11.7 Å². The fourth-order valence-electron chi connectivity index (χ4n) is 4.30. The molecule has 1 amide bonds. The minimum Gasteiger partial charge on any atom is -0.507 e. The number of halogens is 1. The number of rotatable bonds is 6. The SMILES string of the molecule is CC(C)Nc1ncc2cc(-c3cccc(NC(=O)c4cc(F)cc(N5CCOCC5)c4)c3)c(O)cc2n1. The Bertz CT molecular complexity index is 1450. The summed E-state index contributed by atoms with van der Waals surface area (Å²) in [5.74, 6) is -0.343. The van der Waals surface area contributed by atoms with Crippen LogP contribution in [0, 0.1) is 5.82 Å². The van der Waals surface area contributed by atoms with Crippen molar-refractivity contribution in [2.75, 3.05) is 41.8 Å². The third-order valence-electron chi connectivity index (χ3n) is 6.07. The van der Waals surface area contributed by atoms with Gasteiger partial charge < -0.3 is 25.4 Å². The minimum atomic E-state index is -0.474. The zero-order valence-electron chi connectivity index (χ0n) is 20.7. The zero-order valence-corrected chi connectivity index (χ0v) is 20.7. The highest BCUT2D eigenvalue weighted by Gasteiger charge is 2.16. The molecule has 0 unspecified atom stereocenters. The highest BCUT2D eigenvalue weighted by molar-refractivity contribution is 6.05. The van der Waals surface area contributed by atoms with E-state index >= 15 is 0 Å². The summed E-state index contributed by atoms with van der Waals surface area (Å²) in [6, 6.07) is 15.1. The average molecular weight is 502 g/mol. The summed E-state index contributed by atoms with van der Waals surface area (Å²) in [5.41, 5.74) is 3.30. The summed E-state index contributed by atoms with van der Waals surface area (Å²) in [5, 5.41) is 17.5. The molecule has 0 atom stereocenters. The second kappa shape index (κ2) is 10.4. The highest BCUT2D eigenvalue weighted by atomic mass is 19.1. The quantitative estimate of drug-likeness (QED) is 0.340. The average Bonchev–Trinajstić information content (AvgIpc) is 2.88. The van der Waals surface area contributed by atoms with Crippen LogP contribution >= 0.6 is 0 Å². The first-order valence-electron chi connectivity index (χ1n) is 12.2. The number of ether oxygens (including phenoxy) is 1. The van der Waals surface area contributed by atoms with Crippen LogP contribution in [-0.2, 0) is 4.74 Å². The van der Waals surface area contributed by atoms with E-state index in [0.717, 1.165) is 5.39 Å². The molecular formula is C28H28FN5O3. The molecule has 0 radical (unpaired) electrons. The molecule has 4 aromatic rings. The summed E-state index contributed by atoms with van der Waals surface area (Å²) < 4.78 is 19.7. The van der Waals surface area contributed by atoms with Gasteiger partial charge in [-0.3, -0.25) is 4.79 Å². The minimum absolute atomic E-state index is 0.0606. The number of aromatic nitrogens is 2. The molecule has 2 heterocycles. The molecule has 1 aromatic heterocycles. The van der Waals surface area contributed by atoms with E-state index in [1.807, 2.05) is 30.9 Å². The molecule has 0 spiro atoms. The standard InChI is InChI=1S/C28H28FN5O3/c1-17(2)31-28-30-16-20-13-24(26(35)15-25(20)33-28)18-4-3-5-22(11-18)32-27(36)19-10-21(29)14-23(12-19)34-6-8-37-9-7-34/h3-5,10-17,35H,6-9H2,1-2H3,(H,32,36)(H,30,31,33). The first-order chi connectivity index (χ1) is 17.9. The maximum Gasteiger partial charge on any atom is 0.255 e. The monoisotopic (exact) mass is 501 g/mol. The number of morpholine rings is 1. The number of benzene rings is 3. The molecule has 3 N–H and O–H groups in total. The van der Waals surface area contributed by atoms with Crippen LogP contribution in [0.1, 0.15) is 24.2 Å². The summed E-state index contributed by atoms with van der Waals surface area (Å²) >= 11 is 0. The summed E-state index contributed by atoms with van der Waals surface area (Å²) in [6.07, 6.45) is 1.71. The first-order valence-corrected chi connectivity index (χ1v) is 12.2. The summed E-state index contributed by atoms with van der Waals surface area (Å²) in [7, 11) is 0. The molecular weight excluding hydrogens is 473 g/mol. The lowest BCUT2D eigenvalue weighted by Gasteiger charge is -2.29. The van der Waals surface area contributed by atoms with E-state index in [-0.39, 0.29) is 17.4 Å². The number of nitrogens with one attached hydrogen (secondary N) is 2. The van der Waals surface area contributed by atoms with E-state index in [9.17, 15) is 14.3 Å². The van der Waals surface area contributed by atoms with E-state index in [4.69, 9.17) is 4.74 Å². The Morgan fingerprint density at radius 3 is 2.70 bits per heavy atom. The Balaban J connectivity index is 1.39. The number of carbonyl (C=O) groups excluding carboxylic acids is 1. The lowest BCUT2D eigenvalue weighted by molar-refractivity contribution is 0.102. The number of aromatic hydroxyl groups is 1. The molecule has 1 aliphatic rings. The topological polar surface area (TPSA) is 99.6 Å². The fourth-order valence-corrected chi connectivity index (χ4v) is 4.30. The predicted molar refractivity (Wildman–Crippen MR) is 143 cm³/mol. The molecule has 1 saturated heterocycles. The largest absolute Gasteiger partial charge is 0.507 e. The van der Waals surface area contributed by atoms with Gasteiger partial charge in [0.15, 0.2) is 0 Å². The van der Waals surface area contributed by atoms with Crippen molar-refractivity contribution < 1.29 is 19.0 Å². The van der Waals surface area contributed by atoms with Gasteiger partial charge in [-0.25, -0.2) is 14.4 Å². The van der Waals surface area contributed by atoms with Gasteiger partial charge in [0.2, 0.25) is 5.95 Å². The van der Waals surface area contributed by atoms with Crippen LogP contribution in [0.2, 0.25) is 0 Å². The van der Waals surface area contributed by atoms with E-state index in [1.165, 1.54) is 12.1 Å². The van der Waals surface area contributed by atoms with Crippen molar-refractivity contribution in [3.8, 4) is 16.9 Å². The maximum absolute atomic E-state index is 14.3. The molecule has 0 bridgehead atoms. The van der Waals surface area contributed by atoms with Crippen molar-refractivity contribution >= 4 is 34.1 Å². The van der Waals surface area contributed by atoms with Gasteiger partial charge in [0.05, 0.1) is 18.7 Å². The predicted octanol–water partition coefficient (Wildman–Crippen LogP) is 5.05. The van der Waals surface area contributed by atoms with E-state index in [1.54, 1.807) is 36.5 Å². The van der Waals surface area contributed by atoms with Crippen LogP contribution < -0.4 is 15.5 Å². The van der Waals surface area contributed by atoms with Gasteiger partial charge in [-0.2, -0.15) is 0 Å². The Hall–Kier alpha value is -4.24. The number of carbonyl (C=O) groups is 1. The van der Waals surface area contributed by atoms with Gasteiger partial charge in [0, 0.05) is 59.3 Å². The molecule has 9 heteroatoms. The van der Waals surface area contributed by atoms with Crippen LogP contribution in [0.4, 0.5) is 21.7 Å². The van der Waals surface area contributed by atoms with Crippen molar-refractivity contribution in [2.45, 2.75) is 19.9 Å². The van der Waals surface area contributed by atoms with Gasteiger partial charge in [0.1, 0.15) is 11.6 Å². The van der Waals surface area contributed by atoms with Gasteiger partial charge in [-0.05, 0) is 55.8 Å². The second-order valence-corrected chi connectivity index (χ2v) is 9.25. The van der Waals surface area contributed by atoms with Crippen molar-refractivity contribution in [1.82, 2.24) is 9.97 Å². The molecule has 0 saturated carbocycles. The number of phenolic OH excluding ortho intramolecular Hbond substituents is 1. The number of amides is 1. The zero-order chi connectivity index (χ0) is 25.9. The molecule has 5 rings (SSSR count). The number of nitrogens with zero attached hydrogens (tertiary/aromatic N) is 3. The van der Waals surface area contributed by atoms with Crippen molar-refractivity contribution in [2.24, 2.45) is 0 Å². The highest BCUT2D eigenvalue weighted by Crippen LogP contribution is 2.34. The van der Waals surface area contributed by atoms with Crippen molar-refractivity contribution in [3.63, 3.8) is 0 Å². The second-order valence-electron chi connectivity index (χ2n) is 9.25. The van der Waals surface area contributed by atoms with Crippen LogP contribution in [-0.4, -0.2) is 53.3 Å². The first kappa shape index (κ1) is 24.5. The fraction of sp³-hybridized carbons (Fsp3) is 0.250. The normalized spacial score (nSPS) is 13.7. The summed E-state index contributed by atoms with van der Waals surface area (Å²) in [4.78, 5) is 23.8. The van der Waals surface area contributed by atoms with E-state index in [0.29, 0.717) is 60.3 Å². The number of hydrogen-bond donors (Lipinski definition) is 3. The Labute approximate surface area is 214 Å². The van der Waals surface area contributed by atoms with Gasteiger partial charge in [0.25, 0.3) is 5.91 Å². The molecule has 1 aliphatic heterocycles. The summed E-state index contributed by atoms with van der Waals surface area (Å²) in [6.45, 7) is 6.41. The Morgan fingerprint density at radius 2 is 1.92 bits per heavy atom. The van der Waals surface area contributed by atoms with Crippen LogP contribution in [0.25, 0.3) is 22.0 Å². The molecule has 0 aliphatic carbocycles. The molecule has 37 heavy (non-hydrogen) atoms. The number of phenols is 1. The lowest BCUT2D eigenvalue weighted by Crippen LogP contribution is -2.36. The third kappa shape index (κ3) is 5.62. The van der Waals surface area contributed by atoms with Crippen molar-refractivity contribution in [1.29, 1.82) is 0 Å². The molecule has 190 valence electrons. The van der Waals surface area contributed by atoms with Crippen molar-refractivity contribution in [3.05, 3.63) is 72.2 Å². The number of fused-ring (bicyclic) bond motifs is 1. The number of anilines is 3. The number of hydrogen-bond acceptors (Lipinski definition) is 7. The Kier molecular flexibility index (Phi) is 6.87. The molecule has 1 fully saturated rings.